The molecule has 0 N–H and O–H groups in total. The number of benzene rings is 4. The molecule has 204 valence electrons. The minimum absolute atomic E-state index is 0.0302. The molecular weight excluding hydrogens is 497 g/mol. The first kappa shape index (κ1) is 25.0. The van der Waals surface area contributed by atoms with Crippen LogP contribution in [0.4, 0.5) is 0 Å². The Morgan fingerprint density at radius 2 is 1.24 bits per heavy atom. The van der Waals surface area contributed by atoms with Crippen molar-refractivity contribution in [2.24, 2.45) is 0 Å². The molecule has 0 saturated heterocycles. The van der Waals surface area contributed by atoms with Gasteiger partial charge in [-0.25, -0.2) is 4.98 Å². The van der Waals surface area contributed by atoms with Crippen molar-refractivity contribution in [3.8, 4) is 11.4 Å². The molecule has 41 heavy (non-hydrogen) atoms. The Morgan fingerprint density at radius 1 is 0.585 bits per heavy atom. The van der Waals surface area contributed by atoms with E-state index in [2.05, 4.69) is 138 Å². The van der Waals surface area contributed by atoms with E-state index in [4.69, 9.17) is 4.98 Å². The highest BCUT2D eigenvalue weighted by Gasteiger charge is 2.42. The maximum atomic E-state index is 5.25. The molecule has 0 unspecified atom stereocenters. The molecule has 6 aromatic rings. The fourth-order valence-electron chi connectivity index (χ4n) is 7.38. The lowest BCUT2D eigenvalue weighted by Crippen LogP contribution is -2.59. The average molecular weight is 536 g/mol. The van der Waals surface area contributed by atoms with Crippen LogP contribution in [0.3, 0.4) is 0 Å². The second-order valence-corrected chi connectivity index (χ2v) is 15.4. The molecule has 4 heterocycles. The topological polar surface area (TPSA) is 22.8 Å². The van der Waals surface area contributed by atoms with Gasteiger partial charge in [-0.1, -0.05) is 92.6 Å². The molecule has 0 spiro atoms. The summed E-state index contributed by atoms with van der Waals surface area (Å²) in [5.41, 5.74) is 14.5. The number of hydrogen-bond acceptors (Lipinski definition) is 1. The van der Waals surface area contributed by atoms with E-state index >= 15 is 0 Å². The summed E-state index contributed by atoms with van der Waals surface area (Å²) in [5, 5.41) is 2.72. The van der Waals surface area contributed by atoms with Gasteiger partial charge in [0.05, 0.1) is 16.6 Å². The van der Waals surface area contributed by atoms with E-state index in [1.54, 1.807) is 0 Å². The van der Waals surface area contributed by atoms with Gasteiger partial charge in [0.2, 0.25) is 0 Å². The quantitative estimate of drug-likeness (QED) is 0.189. The Labute approximate surface area is 243 Å². The summed E-state index contributed by atoms with van der Waals surface area (Å²) in [6, 6.07) is 25.8. The van der Waals surface area contributed by atoms with Crippen LogP contribution in [-0.2, 0) is 16.2 Å². The zero-order valence-corrected chi connectivity index (χ0v) is 25.8. The van der Waals surface area contributed by atoms with E-state index in [-0.39, 0.29) is 23.0 Å². The highest BCUT2D eigenvalue weighted by molar-refractivity contribution is 7.00. The molecule has 0 radical (unpaired) electrons. The van der Waals surface area contributed by atoms with E-state index in [9.17, 15) is 0 Å². The summed E-state index contributed by atoms with van der Waals surface area (Å²) in [7, 11) is 0. The second-order valence-electron chi connectivity index (χ2n) is 15.4. The van der Waals surface area contributed by atoms with Gasteiger partial charge in [-0.15, -0.1) is 0 Å². The van der Waals surface area contributed by atoms with Crippen molar-refractivity contribution in [2.75, 3.05) is 0 Å². The lowest BCUT2D eigenvalue weighted by Gasteiger charge is -2.35. The summed E-state index contributed by atoms with van der Waals surface area (Å²) in [4.78, 5) is 5.25. The maximum absolute atomic E-state index is 5.25. The molecule has 0 fully saturated rings. The van der Waals surface area contributed by atoms with Crippen molar-refractivity contribution in [1.29, 1.82) is 0 Å². The second kappa shape index (κ2) is 7.53. The van der Waals surface area contributed by atoms with Crippen LogP contribution < -0.4 is 16.4 Å². The van der Waals surface area contributed by atoms with Gasteiger partial charge in [-0.05, 0) is 74.7 Å². The lowest BCUT2D eigenvalue weighted by atomic mass is 9.34. The van der Waals surface area contributed by atoms with Crippen LogP contribution >= 0.6 is 0 Å². The normalized spacial score (nSPS) is 14.4. The third-order valence-corrected chi connectivity index (χ3v) is 9.45. The largest absolute Gasteiger partial charge is 0.310 e. The monoisotopic (exact) mass is 535 g/mol. The molecule has 0 amide bonds. The van der Waals surface area contributed by atoms with E-state index in [0.29, 0.717) is 0 Å². The van der Waals surface area contributed by atoms with E-state index in [1.165, 1.54) is 66.2 Å². The van der Waals surface area contributed by atoms with Gasteiger partial charge >= 0.3 is 0 Å². The van der Waals surface area contributed by atoms with E-state index in [0.717, 1.165) is 11.3 Å². The van der Waals surface area contributed by atoms with Crippen molar-refractivity contribution >= 4 is 55.9 Å². The summed E-state index contributed by atoms with van der Waals surface area (Å²) in [6.07, 6.45) is 0. The first-order chi connectivity index (χ1) is 19.2. The molecule has 2 aliphatic heterocycles. The van der Waals surface area contributed by atoms with Gasteiger partial charge in [0.1, 0.15) is 5.82 Å². The molecule has 4 heteroatoms. The fourth-order valence-corrected chi connectivity index (χ4v) is 7.38. The molecule has 0 atom stereocenters. The number of para-hydroxylation sites is 1. The van der Waals surface area contributed by atoms with Crippen LogP contribution in [0.25, 0.3) is 44.2 Å². The van der Waals surface area contributed by atoms with Crippen LogP contribution in [0.15, 0.2) is 66.7 Å². The number of aromatic nitrogens is 3. The molecule has 0 saturated carbocycles. The van der Waals surface area contributed by atoms with Gasteiger partial charge in [-0.2, -0.15) is 0 Å². The number of imidazole rings is 1. The Hall–Kier alpha value is -3.79. The molecule has 2 aromatic heterocycles. The van der Waals surface area contributed by atoms with Crippen LogP contribution in [0, 0.1) is 0 Å². The Bertz CT molecular complexity index is 2100. The molecule has 2 aliphatic rings. The highest BCUT2D eigenvalue weighted by Crippen LogP contribution is 2.40. The van der Waals surface area contributed by atoms with Crippen molar-refractivity contribution in [2.45, 2.75) is 78.6 Å². The Morgan fingerprint density at radius 3 is 1.93 bits per heavy atom. The zero-order valence-electron chi connectivity index (χ0n) is 25.8. The van der Waals surface area contributed by atoms with Gasteiger partial charge in [0.15, 0.2) is 0 Å². The summed E-state index contributed by atoms with van der Waals surface area (Å²) < 4.78 is 5.03. The van der Waals surface area contributed by atoms with Gasteiger partial charge in [-0.3, -0.25) is 4.57 Å². The minimum Gasteiger partial charge on any atom is -0.310 e. The van der Waals surface area contributed by atoms with Crippen LogP contribution in [0.5, 0.6) is 0 Å². The fraction of sp³-hybridized carbons (Fsp3) is 0.324. The van der Waals surface area contributed by atoms with Crippen LogP contribution in [0.2, 0.25) is 0 Å². The molecular formula is C37H38BN3. The number of fused-ring (bicyclic) bond motifs is 7. The zero-order chi connectivity index (χ0) is 28.8. The molecule has 0 aliphatic carbocycles. The predicted molar refractivity (Wildman–Crippen MR) is 176 cm³/mol. The Balaban J connectivity index is 1.60. The van der Waals surface area contributed by atoms with Crippen LogP contribution in [0.1, 0.15) is 79.3 Å². The first-order valence-corrected chi connectivity index (χ1v) is 15.0. The lowest BCUT2D eigenvalue weighted by molar-refractivity contribution is 0.539. The van der Waals surface area contributed by atoms with Crippen molar-refractivity contribution in [3.05, 3.63) is 83.7 Å². The minimum atomic E-state index is -0.0887. The molecule has 3 nitrogen and oxygen atoms in total. The van der Waals surface area contributed by atoms with E-state index in [1.807, 2.05) is 0 Å². The third-order valence-electron chi connectivity index (χ3n) is 9.45. The average Bonchev–Trinajstić information content (AvgIpc) is 3.45. The van der Waals surface area contributed by atoms with Crippen molar-refractivity contribution < 1.29 is 0 Å². The number of rotatable bonds is 0. The molecule has 8 rings (SSSR count). The predicted octanol–water partition coefficient (Wildman–Crippen LogP) is 7.16. The molecule has 0 bridgehead atoms. The van der Waals surface area contributed by atoms with E-state index < -0.39 is 0 Å². The summed E-state index contributed by atoms with van der Waals surface area (Å²) in [6.45, 7) is 21.0. The van der Waals surface area contributed by atoms with Gasteiger partial charge in [0, 0.05) is 33.1 Å². The maximum Gasteiger partial charge on any atom is 0.252 e. The third kappa shape index (κ3) is 3.19. The van der Waals surface area contributed by atoms with Crippen molar-refractivity contribution in [1.82, 2.24) is 14.1 Å². The summed E-state index contributed by atoms with van der Waals surface area (Å²) >= 11 is 0. The number of nitrogens with zero attached hydrogens (tertiary/aromatic N) is 3. The first-order valence-electron chi connectivity index (χ1n) is 15.0. The van der Waals surface area contributed by atoms with Gasteiger partial charge in [0.25, 0.3) is 6.71 Å². The van der Waals surface area contributed by atoms with Gasteiger partial charge < -0.3 is 4.57 Å². The standard InChI is InChI=1S/C37H38BN3/c1-35(2,3)21-16-17-28-23(18-21)24-19-22(36(4,5)6)20-26-32(24)40(28)29-14-11-15-30-31(29)38(26)25-12-10-13-27-33(25)41(30)34(39-27)37(7,8)9/h10-20H,1-9H3. The van der Waals surface area contributed by atoms with Crippen LogP contribution in [-0.4, -0.2) is 20.8 Å². The SMILES string of the molecule is CC(C)(C)c1ccc2c(c1)c1cc(C(C)(C)C)cc3c1n2-c1cccc2c1B3c1cccc3nc(C(C)(C)C)n-2c13. The number of hydrogen-bond donors (Lipinski definition) is 0. The van der Waals surface area contributed by atoms with Crippen molar-refractivity contribution in [3.63, 3.8) is 0 Å². The summed E-state index contributed by atoms with van der Waals surface area (Å²) in [5.74, 6) is 1.12. The molecule has 4 aromatic carbocycles. The smallest absolute Gasteiger partial charge is 0.252 e. The highest BCUT2D eigenvalue weighted by atomic mass is 15.1. The Kier molecular flexibility index (Phi) is 4.59.